The number of nitrogens with zero attached hydrogens (tertiary/aromatic N) is 2. The monoisotopic (exact) mass is 377 g/mol. The molecule has 1 unspecified atom stereocenters. The average molecular weight is 378 g/mol. The van der Waals surface area contributed by atoms with E-state index in [1.165, 1.54) is 0 Å². The van der Waals surface area contributed by atoms with E-state index < -0.39 is 0 Å². The van der Waals surface area contributed by atoms with Crippen LogP contribution in [-0.4, -0.2) is 53.8 Å². The van der Waals surface area contributed by atoms with Gasteiger partial charge in [0.1, 0.15) is 6.04 Å². The third kappa shape index (κ3) is 4.86. The van der Waals surface area contributed by atoms with Crippen molar-refractivity contribution in [3.8, 4) is 0 Å². The Bertz CT molecular complexity index is 627. The number of rotatable bonds is 5. The topological polar surface area (TPSA) is 52.7 Å². The second-order valence-corrected chi connectivity index (χ2v) is 6.75. The lowest BCUT2D eigenvalue weighted by Gasteiger charge is -2.35. The quantitative estimate of drug-likeness (QED) is 0.800. The van der Waals surface area contributed by atoms with Crippen molar-refractivity contribution < 1.29 is 9.59 Å². The van der Waals surface area contributed by atoms with Gasteiger partial charge in [-0.25, -0.2) is 0 Å². The number of likely N-dealkylation sites (tertiary alicyclic amines) is 1. The Kier molecular flexibility index (Phi) is 7.66. The van der Waals surface area contributed by atoms with Gasteiger partial charge >= 0.3 is 0 Å². The Morgan fingerprint density at radius 2 is 1.88 bits per heavy atom. The molecule has 0 radical (unpaired) electrons. The molecule has 6 heteroatoms. The Hall–Kier alpha value is -1.85. The van der Waals surface area contributed by atoms with Gasteiger partial charge in [-0.1, -0.05) is 42.5 Å². The summed E-state index contributed by atoms with van der Waals surface area (Å²) in [6.07, 6.45) is 5.43. The summed E-state index contributed by atoms with van der Waals surface area (Å²) in [6, 6.07) is 9.92. The van der Waals surface area contributed by atoms with E-state index in [4.69, 9.17) is 0 Å². The third-order valence-corrected chi connectivity index (χ3v) is 5.12. The Labute approximate surface area is 161 Å². The standard InChI is InChI=1S/C20H27N3O2.ClH/c1-2-22(15-16-7-4-3-5-8-16)19(24)17-10-13-23(14-11-17)20(25)18-9-6-12-21-18;/h3-9,17-18,21H,2,10-15H2,1H3;1H. The van der Waals surface area contributed by atoms with Crippen LogP contribution >= 0.6 is 12.4 Å². The van der Waals surface area contributed by atoms with Gasteiger partial charge in [-0.15, -0.1) is 12.4 Å². The first-order valence-corrected chi connectivity index (χ1v) is 9.20. The fourth-order valence-electron chi connectivity index (χ4n) is 3.59. The maximum absolute atomic E-state index is 12.9. The van der Waals surface area contributed by atoms with Gasteiger partial charge in [-0.05, 0) is 25.3 Å². The van der Waals surface area contributed by atoms with E-state index >= 15 is 0 Å². The molecule has 1 atom stereocenters. The molecule has 0 aromatic heterocycles. The lowest BCUT2D eigenvalue weighted by atomic mass is 9.94. The summed E-state index contributed by atoms with van der Waals surface area (Å²) >= 11 is 0. The highest BCUT2D eigenvalue weighted by Gasteiger charge is 2.32. The van der Waals surface area contributed by atoms with Gasteiger partial charge in [0, 0.05) is 38.6 Å². The largest absolute Gasteiger partial charge is 0.341 e. The molecule has 0 bridgehead atoms. The van der Waals surface area contributed by atoms with Crippen molar-refractivity contribution in [1.82, 2.24) is 15.1 Å². The first kappa shape index (κ1) is 20.5. The molecule has 2 amide bonds. The van der Waals surface area contributed by atoms with Crippen molar-refractivity contribution in [1.29, 1.82) is 0 Å². The Morgan fingerprint density at radius 1 is 1.19 bits per heavy atom. The van der Waals surface area contributed by atoms with E-state index in [1.54, 1.807) is 0 Å². The third-order valence-electron chi connectivity index (χ3n) is 5.12. The number of benzene rings is 1. The number of carbonyl (C=O) groups excluding carboxylic acids is 2. The summed E-state index contributed by atoms with van der Waals surface area (Å²) in [5.41, 5.74) is 1.16. The van der Waals surface area contributed by atoms with E-state index in [1.807, 2.05) is 47.1 Å². The zero-order valence-electron chi connectivity index (χ0n) is 15.3. The van der Waals surface area contributed by atoms with Crippen LogP contribution in [0.25, 0.3) is 0 Å². The minimum absolute atomic E-state index is 0. The van der Waals surface area contributed by atoms with Crippen molar-refractivity contribution in [2.75, 3.05) is 26.2 Å². The summed E-state index contributed by atoms with van der Waals surface area (Å²) in [5, 5.41) is 3.16. The smallest absolute Gasteiger partial charge is 0.243 e. The second kappa shape index (κ2) is 9.74. The van der Waals surface area contributed by atoms with Crippen molar-refractivity contribution in [2.45, 2.75) is 32.4 Å². The van der Waals surface area contributed by atoms with Gasteiger partial charge in [0.2, 0.25) is 11.8 Å². The molecule has 2 aliphatic rings. The molecule has 2 heterocycles. The first-order chi connectivity index (χ1) is 12.2. The highest BCUT2D eigenvalue weighted by atomic mass is 35.5. The van der Waals surface area contributed by atoms with Crippen LogP contribution in [0.2, 0.25) is 0 Å². The van der Waals surface area contributed by atoms with Crippen molar-refractivity contribution in [3.05, 3.63) is 48.0 Å². The Balaban J connectivity index is 0.00000243. The fraction of sp³-hybridized carbons (Fsp3) is 0.500. The van der Waals surface area contributed by atoms with Crippen molar-refractivity contribution in [2.24, 2.45) is 5.92 Å². The van der Waals surface area contributed by atoms with E-state index in [2.05, 4.69) is 17.4 Å². The number of hydrogen-bond acceptors (Lipinski definition) is 3. The van der Waals surface area contributed by atoms with E-state index in [0.29, 0.717) is 26.2 Å². The van der Waals surface area contributed by atoms with Crippen molar-refractivity contribution >= 4 is 24.2 Å². The summed E-state index contributed by atoms with van der Waals surface area (Å²) in [4.78, 5) is 29.1. The van der Waals surface area contributed by atoms with Crippen LogP contribution in [0.5, 0.6) is 0 Å². The number of carbonyl (C=O) groups is 2. The minimum Gasteiger partial charge on any atom is -0.341 e. The van der Waals surface area contributed by atoms with Crippen molar-refractivity contribution in [3.63, 3.8) is 0 Å². The van der Waals surface area contributed by atoms with Crippen LogP contribution in [0.1, 0.15) is 25.3 Å². The summed E-state index contributed by atoms with van der Waals surface area (Å²) in [5.74, 6) is 0.383. The summed E-state index contributed by atoms with van der Waals surface area (Å²) in [7, 11) is 0. The predicted molar refractivity (Wildman–Crippen MR) is 105 cm³/mol. The fourth-order valence-corrected chi connectivity index (χ4v) is 3.59. The summed E-state index contributed by atoms with van der Waals surface area (Å²) in [6.45, 7) is 5.50. The van der Waals surface area contributed by atoms with Crippen LogP contribution in [0.3, 0.4) is 0 Å². The maximum Gasteiger partial charge on any atom is 0.243 e. The van der Waals surface area contributed by atoms with Gasteiger partial charge in [-0.2, -0.15) is 0 Å². The van der Waals surface area contributed by atoms with Crippen LogP contribution in [0.15, 0.2) is 42.5 Å². The number of halogens is 1. The lowest BCUT2D eigenvalue weighted by Crippen LogP contribution is -2.49. The van der Waals surface area contributed by atoms with Crippen LogP contribution in [0.4, 0.5) is 0 Å². The number of nitrogens with one attached hydrogen (secondary N) is 1. The number of amides is 2. The molecule has 26 heavy (non-hydrogen) atoms. The first-order valence-electron chi connectivity index (χ1n) is 9.20. The van der Waals surface area contributed by atoms with Gasteiger partial charge in [0.05, 0.1) is 0 Å². The van der Waals surface area contributed by atoms with Gasteiger partial charge in [0.25, 0.3) is 0 Å². The molecule has 3 rings (SSSR count). The highest BCUT2D eigenvalue weighted by molar-refractivity contribution is 5.85. The minimum atomic E-state index is -0.183. The van der Waals surface area contributed by atoms with Gasteiger partial charge in [-0.3, -0.25) is 14.9 Å². The molecule has 5 nitrogen and oxygen atoms in total. The second-order valence-electron chi connectivity index (χ2n) is 6.75. The zero-order chi connectivity index (χ0) is 17.6. The maximum atomic E-state index is 12.9. The lowest BCUT2D eigenvalue weighted by molar-refractivity contribution is -0.141. The Morgan fingerprint density at radius 3 is 2.46 bits per heavy atom. The highest BCUT2D eigenvalue weighted by Crippen LogP contribution is 2.21. The SMILES string of the molecule is CCN(Cc1ccccc1)C(=O)C1CCN(C(=O)C2C=CCN2)CC1.Cl. The molecule has 0 aliphatic carbocycles. The van der Waals surface area contributed by atoms with Crippen LogP contribution in [-0.2, 0) is 16.1 Å². The normalized spacial score (nSPS) is 19.9. The molecule has 1 fully saturated rings. The molecular formula is C20H28ClN3O2. The molecular weight excluding hydrogens is 350 g/mol. The predicted octanol–water partition coefficient (Wildman–Crippen LogP) is 2.22. The molecule has 1 aromatic carbocycles. The van der Waals surface area contributed by atoms with E-state index in [0.717, 1.165) is 24.9 Å². The molecule has 2 aliphatic heterocycles. The average Bonchev–Trinajstić information content (AvgIpc) is 3.21. The zero-order valence-corrected chi connectivity index (χ0v) is 16.1. The molecule has 1 N–H and O–H groups in total. The molecule has 1 saturated heterocycles. The number of piperidine rings is 1. The van der Waals surface area contributed by atoms with Crippen LogP contribution in [0, 0.1) is 5.92 Å². The van der Waals surface area contributed by atoms with Crippen LogP contribution < -0.4 is 5.32 Å². The molecule has 142 valence electrons. The van der Waals surface area contributed by atoms with E-state index in [9.17, 15) is 9.59 Å². The molecule has 1 aromatic rings. The molecule has 0 spiro atoms. The van der Waals surface area contributed by atoms with Gasteiger partial charge in [0.15, 0.2) is 0 Å². The molecule has 0 saturated carbocycles. The number of hydrogen-bond donors (Lipinski definition) is 1. The van der Waals surface area contributed by atoms with E-state index in [-0.39, 0.29) is 36.2 Å². The summed E-state index contributed by atoms with van der Waals surface area (Å²) < 4.78 is 0. The van der Waals surface area contributed by atoms with Gasteiger partial charge < -0.3 is 9.80 Å².